The highest BCUT2D eigenvalue weighted by Crippen LogP contribution is 2.71. The molecule has 0 bridgehead atoms. The van der Waals surface area contributed by atoms with E-state index in [9.17, 15) is 15.3 Å². The van der Waals surface area contributed by atoms with Gasteiger partial charge in [0.05, 0.1) is 24.9 Å². The second-order valence-electron chi connectivity index (χ2n) is 13.2. The fourth-order valence-corrected chi connectivity index (χ4v) is 10.4. The van der Waals surface area contributed by atoms with E-state index < -0.39 is 18.0 Å². The molecule has 182 valence electrons. The molecule has 0 amide bonds. The van der Waals surface area contributed by atoms with Crippen molar-refractivity contribution in [3.63, 3.8) is 0 Å². The van der Waals surface area contributed by atoms with Crippen LogP contribution >= 0.6 is 0 Å². The molecule has 0 aromatic carbocycles. The number of aliphatic hydroxyl groups excluding tert-OH is 3. The number of ether oxygens (including phenoxy) is 2. The topological polar surface area (TPSA) is 79.2 Å². The molecule has 32 heavy (non-hydrogen) atoms. The van der Waals surface area contributed by atoms with E-state index in [1.807, 2.05) is 0 Å². The summed E-state index contributed by atoms with van der Waals surface area (Å²) in [5.41, 5.74) is 0.474. The van der Waals surface area contributed by atoms with Crippen molar-refractivity contribution >= 4 is 0 Å². The van der Waals surface area contributed by atoms with Gasteiger partial charge in [0.1, 0.15) is 0 Å². The fraction of sp³-hybridized carbons (Fsp3) is 1.00. The van der Waals surface area contributed by atoms with Crippen molar-refractivity contribution in [1.29, 1.82) is 0 Å². The van der Waals surface area contributed by atoms with Crippen molar-refractivity contribution in [1.82, 2.24) is 0 Å². The van der Waals surface area contributed by atoms with Crippen LogP contribution in [0, 0.1) is 52.3 Å². The van der Waals surface area contributed by atoms with Crippen molar-refractivity contribution in [3.05, 3.63) is 0 Å². The molecule has 1 spiro atoms. The van der Waals surface area contributed by atoms with Crippen molar-refractivity contribution in [2.45, 2.75) is 103 Å². The Hall–Kier alpha value is -0.200. The molecule has 0 radical (unpaired) electrons. The SMILES string of the molecule is C[C@H]1[C@H]2[C@H](C[C@H]3[C@@H]4CC[C@H]5C[C@@H](O)[C@H](O)C[C@]5(C)[C@H]4CC[C@]23C)O[C@]12CC[C@@H](CO)CO2. The predicted octanol–water partition coefficient (Wildman–Crippen LogP) is 3.74. The average molecular weight is 449 g/mol. The van der Waals surface area contributed by atoms with Gasteiger partial charge >= 0.3 is 0 Å². The summed E-state index contributed by atoms with van der Waals surface area (Å²) in [7, 11) is 0. The first-order valence-electron chi connectivity index (χ1n) is 13.5. The maximum atomic E-state index is 10.6. The highest BCUT2D eigenvalue weighted by molar-refractivity contribution is 5.15. The molecule has 0 unspecified atom stereocenters. The summed E-state index contributed by atoms with van der Waals surface area (Å²) in [5, 5.41) is 30.4. The van der Waals surface area contributed by atoms with Crippen LogP contribution in [0.15, 0.2) is 0 Å². The standard InChI is InChI=1S/C27H44O5/c1-15-24-23(32-27(15)9-6-16(13-28)14-31-27)11-20-18-5-4-17-10-21(29)22(30)12-26(17,3)19(18)7-8-25(20,24)2/h15-24,28-30H,4-14H2,1-3H3/t15-,16-,17-,18+,19-,20-,21+,22+,23-,24-,25-,26-,27+/m0/s1. The van der Waals surface area contributed by atoms with Crippen LogP contribution in [0.25, 0.3) is 0 Å². The molecule has 5 heteroatoms. The molecule has 5 nitrogen and oxygen atoms in total. The van der Waals surface area contributed by atoms with Crippen LogP contribution in [0.5, 0.6) is 0 Å². The van der Waals surface area contributed by atoms with Crippen LogP contribution in [-0.2, 0) is 9.47 Å². The van der Waals surface area contributed by atoms with Crippen molar-refractivity contribution in [2.24, 2.45) is 52.3 Å². The maximum Gasteiger partial charge on any atom is 0.171 e. The number of rotatable bonds is 1. The lowest BCUT2D eigenvalue weighted by molar-refractivity contribution is -0.276. The Morgan fingerprint density at radius 1 is 0.906 bits per heavy atom. The molecule has 2 aliphatic heterocycles. The first-order chi connectivity index (χ1) is 15.2. The largest absolute Gasteiger partial charge is 0.396 e. The Balaban J connectivity index is 1.24. The summed E-state index contributed by atoms with van der Waals surface area (Å²) < 4.78 is 13.2. The van der Waals surface area contributed by atoms with Gasteiger partial charge in [0.2, 0.25) is 0 Å². The number of hydrogen-bond acceptors (Lipinski definition) is 5. The zero-order valence-corrected chi connectivity index (χ0v) is 20.2. The molecular weight excluding hydrogens is 404 g/mol. The molecule has 4 aliphatic carbocycles. The number of aliphatic hydroxyl groups is 3. The smallest absolute Gasteiger partial charge is 0.171 e. The molecule has 6 fully saturated rings. The van der Waals surface area contributed by atoms with Crippen molar-refractivity contribution in [2.75, 3.05) is 13.2 Å². The van der Waals surface area contributed by atoms with Crippen LogP contribution in [0.2, 0.25) is 0 Å². The molecule has 2 saturated heterocycles. The summed E-state index contributed by atoms with van der Waals surface area (Å²) in [5.74, 6) is 3.44. The average Bonchev–Trinajstić information content (AvgIpc) is 3.20. The monoisotopic (exact) mass is 448 g/mol. The van der Waals surface area contributed by atoms with Crippen LogP contribution in [0.3, 0.4) is 0 Å². The van der Waals surface area contributed by atoms with Gasteiger partial charge in [-0.3, -0.25) is 0 Å². The van der Waals surface area contributed by atoms with Crippen molar-refractivity contribution < 1.29 is 24.8 Å². The van der Waals surface area contributed by atoms with Crippen molar-refractivity contribution in [3.8, 4) is 0 Å². The summed E-state index contributed by atoms with van der Waals surface area (Å²) in [6, 6.07) is 0. The minimum atomic E-state index is -0.555. The third-order valence-corrected chi connectivity index (χ3v) is 12.1. The first kappa shape index (κ1) is 22.3. The van der Waals surface area contributed by atoms with Gasteiger partial charge < -0.3 is 24.8 Å². The van der Waals surface area contributed by atoms with Gasteiger partial charge in [-0.25, -0.2) is 0 Å². The minimum absolute atomic E-state index is 0.167. The van der Waals surface area contributed by atoms with E-state index in [1.54, 1.807) is 0 Å². The third kappa shape index (κ3) is 2.87. The lowest BCUT2D eigenvalue weighted by atomic mass is 9.44. The molecule has 4 saturated carbocycles. The van der Waals surface area contributed by atoms with Crippen LogP contribution in [0.4, 0.5) is 0 Å². The zero-order chi connectivity index (χ0) is 22.5. The second kappa shape index (κ2) is 7.40. The molecule has 2 heterocycles. The fourth-order valence-electron chi connectivity index (χ4n) is 10.4. The Kier molecular flexibility index (Phi) is 5.15. The molecule has 3 N–H and O–H groups in total. The summed E-state index contributed by atoms with van der Waals surface area (Å²) >= 11 is 0. The second-order valence-corrected chi connectivity index (χ2v) is 13.2. The van der Waals surface area contributed by atoms with Gasteiger partial charge in [-0.15, -0.1) is 0 Å². The van der Waals surface area contributed by atoms with Gasteiger partial charge in [-0.2, -0.15) is 0 Å². The number of fused-ring (bicyclic) bond motifs is 7. The molecular formula is C27H44O5. The van der Waals surface area contributed by atoms with E-state index in [0.29, 0.717) is 47.7 Å². The van der Waals surface area contributed by atoms with Crippen LogP contribution < -0.4 is 0 Å². The Bertz CT molecular complexity index is 734. The molecule has 6 rings (SSSR count). The minimum Gasteiger partial charge on any atom is -0.396 e. The summed E-state index contributed by atoms with van der Waals surface area (Å²) in [6.07, 6.45) is 8.83. The molecule has 6 aliphatic rings. The molecule has 13 atom stereocenters. The predicted molar refractivity (Wildman–Crippen MR) is 121 cm³/mol. The van der Waals surface area contributed by atoms with E-state index >= 15 is 0 Å². The lowest BCUT2D eigenvalue weighted by Gasteiger charge is -2.61. The highest BCUT2D eigenvalue weighted by atomic mass is 16.7. The van der Waals surface area contributed by atoms with Gasteiger partial charge in [0.15, 0.2) is 5.79 Å². The Morgan fingerprint density at radius 2 is 1.72 bits per heavy atom. The van der Waals surface area contributed by atoms with Gasteiger partial charge in [-0.1, -0.05) is 20.8 Å². The van der Waals surface area contributed by atoms with E-state index in [-0.39, 0.29) is 17.9 Å². The Morgan fingerprint density at radius 3 is 2.44 bits per heavy atom. The normalized spacial score (nSPS) is 61.7. The molecule has 0 aromatic rings. The van der Waals surface area contributed by atoms with E-state index in [2.05, 4.69) is 20.8 Å². The van der Waals surface area contributed by atoms with E-state index in [4.69, 9.17) is 9.47 Å². The van der Waals surface area contributed by atoms with Gasteiger partial charge in [0.25, 0.3) is 0 Å². The van der Waals surface area contributed by atoms with E-state index in [1.165, 1.54) is 25.7 Å². The summed E-state index contributed by atoms with van der Waals surface area (Å²) in [4.78, 5) is 0. The summed E-state index contributed by atoms with van der Waals surface area (Å²) in [6.45, 7) is 8.21. The third-order valence-electron chi connectivity index (χ3n) is 12.1. The molecule has 0 aromatic heterocycles. The maximum absolute atomic E-state index is 10.6. The highest BCUT2D eigenvalue weighted by Gasteiger charge is 2.69. The lowest BCUT2D eigenvalue weighted by Crippen LogP contribution is -2.57. The van der Waals surface area contributed by atoms with Gasteiger partial charge in [-0.05, 0) is 91.8 Å². The van der Waals surface area contributed by atoms with Gasteiger partial charge in [0, 0.05) is 24.9 Å². The Labute approximate surface area is 193 Å². The number of hydrogen-bond donors (Lipinski definition) is 3. The first-order valence-corrected chi connectivity index (χ1v) is 13.5. The quantitative estimate of drug-likeness (QED) is 0.570. The van der Waals surface area contributed by atoms with Crippen LogP contribution in [-0.4, -0.2) is 52.6 Å². The van der Waals surface area contributed by atoms with E-state index in [0.717, 1.165) is 38.0 Å². The zero-order valence-electron chi connectivity index (χ0n) is 20.2. The van der Waals surface area contributed by atoms with Crippen LogP contribution in [0.1, 0.15) is 78.6 Å².